The molecule has 0 aliphatic rings. The van der Waals surface area contributed by atoms with Gasteiger partial charge in [-0.05, 0) is 35.9 Å². The van der Waals surface area contributed by atoms with E-state index in [2.05, 4.69) is 5.32 Å². The third-order valence-corrected chi connectivity index (χ3v) is 3.70. The number of carbonyl (C=O) groups excluding carboxylic acids is 2. The molecule has 0 saturated heterocycles. The van der Waals surface area contributed by atoms with Crippen LogP contribution < -0.4 is 10.0 Å². The molecule has 0 radical (unpaired) electrons. The lowest BCUT2D eigenvalue weighted by atomic mass is 10.1. The Labute approximate surface area is 144 Å². The van der Waals surface area contributed by atoms with Crippen LogP contribution in [0.5, 0.6) is 0 Å². The number of aromatic nitrogens is 1. The van der Waals surface area contributed by atoms with Crippen molar-refractivity contribution in [2.45, 2.75) is 13.0 Å². The molecule has 1 atom stereocenters. The number of rotatable bonds is 4. The number of hydrogen-bond acceptors (Lipinski definition) is 4. The van der Waals surface area contributed by atoms with Crippen molar-refractivity contribution in [3.05, 3.63) is 77.8 Å². The Balaban J connectivity index is 1.67. The first-order valence-electron chi connectivity index (χ1n) is 7.73. The zero-order chi connectivity index (χ0) is 17.8. The summed E-state index contributed by atoms with van der Waals surface area (Å²) in [5.41, 5.74) is 0.429. The molecule has 1 N–H and O–H groups in total. The first-order valence-corrected chi connectivity index (χ1v) is 7.73. The van der Waals surface area contributed by atoms with Crippen molar-refractivity contribution in [1.29, 1.82) is 0 Å². The standard InChI is InChI=1S/C19H16N2O4/c1-13(25-19(23)17-8-4-5-11-21(17)24)18(22)20-16-10-9-14-6-2-3-7-15(14)12-16/h2-13H,1H3,(H,20,22)/t13-/m1/s1. The Kier molecular flexibility index (Phi) is 4.61. The van der Waals surface area contributed by atoms with Crippen molar-refractivity contribution in [2.24, 2.45) is 0 Å². The van der Waals surface area contributed by atoms with Crippen LogP contribution in [0.15, 0.2) is 66.9 Å². The van der Waals surface area contributed by atoms with Crippen molar-refractivity contribution >= 4 is 28.3 Å². The van der Waals surface area contributed by atoms with E-state index in [1.165, 1.54) is 25.3 Å². The van der Waals surface area contributed by atoms with Crippen LogP contribution in [-0.2, 0) is 9.53 Å². The zero-order valence-electron chi connectivity index (χ0n) is 13.5. The van der Waals surface area contributed by atoms with E-state index in [9.17, 15) is 14.8 Å². The molecule has 6 nitrogen and oxygen atoms in total. The van der Waals surface area contributed by atoms with Gasteiger partial charge in [0.2, 0.25) is 0 Å². The molecule has 0 bridgehead atoms. The van der Waals surface area contributed by atoms with Crippen molar-refractivity contribution in [1.82, 2.24) is 0 Å². The van der Waals surface area contributed by atoms with Gasteiger partial charge in [-0.2, -0.15) is 4.73 Å². The van der Waals surface area contributed by atoms with Gasteiger partial charge in [0.25, 0.3) is 5.91 Å². The first-order chi connectivity index (χ1) is 12.0. The second kappa shape index (κ2) is 7.00. The van der Waals surface area contributed by atoms with Crippen LogP contribution in [0.2, 0.25) is 0 Å². The number of carbonyl (C=O) groups is 2. The Morgan fingerprint density at radius 2 is 1.76 bits per heavy atom. The lowest BCUT2D eigenvalue weighted by Gasteiger charge is -2.13. The number of nitrogens with one attached hydrogen (secondary N) is 1. The minimum absolute atomic E-state index is 0.173. The summed E-state index contributed by atoms with van der Waals surface area (Å²) < 4.78 is 5.47. The van der Waals surface area contributed by atoms with Crippen LogP contribution in [0, 0.1) is 5.21 Å². The summed E-state index contributed by atoms with van der Waals surface area (Å²) in [6.07, 6.45) is 0.148. The first kappa shape index (κ1) is 16.4. The van der Waals surface area contributed by atoms with Gasteiger partial charge in [0.1, 0.15) is 0 Å². The van der Waals surface area contributed by atoms with Crippen LogP contribution in [-0.4, -0.2) is 18.0 Å². The molecule has 1 heterocycles. The Bertz CT molecular complexity index is 939. The largest absolute Gasteiger partial charge is 0.618 e. The van der Waals surface area contributed by atoms with Gasteiger partial charge in [-0.3, -0.25) is 4.79 Å². The van der Waals surface area contributed by atoms with Gasteiger partial charge in [-0.1, -0.05) is 30.3 Å². The molecule has 126 valence electrons. The normalized spacial score (nSPS) is 11.7. The Hall–Kier alpha value is -3.41. The van der Waals surface area contributed by atoms with Gasteiger partial charge in [-0.15, -0.1) is 0 Å². The third-order valence-electron chi connectivity index (χ3n) is 3.70. The predicted octanol–water partition coefficient (Wildman–Crippen LogP) is 2.66. The smallest absolute Gasteiger partial charge is 0.405 e. The molecule has 0 spiro atoms. The molecule has 0 fully saturated rings. The van der Waals surface area contributed by atoms with Crippen molar-refractivity contribution in [2.75, 3.05) is 5.32 Å². The van der Waals surface area contributed by atoms with E-state index in [1.54, 1.807) is 12.1 Å². The van der Waals surface area contributed by atoms with Crippen molar-refractivity contribution < 1.29 is 19.1 Å². The van der Waals surface area contributed by atoms with E-state index in [0.717, 1.165) is 10.8 Å². The number of nitrogens with zero attached hydrogens (tertiary/aromatic N) is 1. The summed E-state index contributed by atoms with van der Waals surface area (Å²) in [5, 5.41) is 16.3. The molecule has 0 aliphatic heterocycles. The maximum absolute atomic E-state index is 12.2. The summed E-state index contributed by atoms with van der Waals surface area (Å²) in [5.74, 6) is -1.33. The fraction of sp³-hybridized carbons (Fsp3) is 0.105. The molecular formula is C19H16N2O4. The number of hydrogen-bond donors (Lipinski definition) is 1. The number of ether oxygens (including phenoxy) is 1. The topological polar surface area (TPSA) is 82.3 Å². The second-order valence-corrected chi connectivity index (χ2v) is 5.51. The van der Waals surface area contributed by atoms with E-state index >= 15 is 0 Å². The number of amides is 1. The fourth-order valence-corrected chi connectivity index (χ4v) is 2.37. The molecular weight excluding hydrogens is 320 g/mol. The van der Waals surface area contributed by atoms with Gasteiger partial charge >= 0.3 is 11.7 Å². The monoisotopic (exact) mass is 336 g/mol. The highest BCUT2D eigenvalue weighted by molar-refractivity contribution is 5.98. The molecule has 3 rings (SSSR count). The number of esters is 1. The van der Waals surface area contributed by atoms with Crippen LogP contribution in [0.4, 0.5) is 5.69 Å². The van der Waals surface area contributed by atoms with Gasteiger partial charge in [0.15, 0.2) is 12.3 Å². The van der Waals surface area contributed by atoms with Gasteiger partial charge in [0.05, 0.1) is 0 Å². The van der Waals surface area contributed by atoms with E-state index in [1.807, 2.05) is 36.4 Å². The summed E-state index contributed by atoms with van der Waals surface area (Å²) >= 11 is 0. The molecule has 0 saturated carbocycles. The van der Waals surface area contributed by atoms with Crippen LogP contribution in [0.1, 0.15) is 17.4 Å². The molecule has 25 heavy (non-hydrogen) atoms. The number of anilines is 1. The molecule has 2 aromatic carbocycles. The van der Waals surface area contributed by atoms with Gasteiger partial charge in [-0.25, -0.2) is 4.79 Å². The fourth-order valence-electron chi connectivity index (χ4n) is 2.37. The molecule has 0 unspecified atom stereocenters. The number of benzene rings is 2. The Morgan fingerprint density at radius 3 is 2.52 bits per heavy atom. The lowest BCUT2D eigenvalue weighted by molar-refractivity contribution is -0.608. The lowest BCUT2D eigenvalue weighted by Crippen LogP contribution is -2.37. The molecule has 1 amide bonds. The van der Waals surface area contributed by atoms with Crippen LogP contribution in [0.3, 0.4) is 0 Å². The highest BCUT2D eigenvalue weighted by Gasteiger charge is 2.23. The van der Waals surface area contributed by atoms with Crippen LogP contribution in [0.25, 0.3) is 10.8 Å². The minimum Gasteiger partial charge on any atom is -0.618 e. The van der Waals surface area contributed by atoms with E-state index in [0.29, 0.717) is 10.4 Å². The van der Waals surface area contributed by atoms with Gasteiger partial charge in [0, 0.05) is 17.8 Å². The van der Waals surface area contributed by atoms with Crippen LogP contribution >= 0.6 is 0 Å². The predicted molar refractivity (Wildman–Crippen MR) is 92.9 cm³/mol. The maximum atomic E-state index is 12.2. The van der Waals surface area contributed by atoms with Gasteiger partial charge < -0.3 is 15.3 Å². The van der Waals surface area contributed by atoms with Crippen molar-refractivity contribution in [3.63, 3.8) is 0 Å². The summed E-state index contributed by atoms with van der Waals surface area (Å²) in [4.78, 5) is 24.2. The Morgan fingerprint density at radius 1 is 1.04 bits per heavy atom. The average molecular weight is 336 g/mol. The summed E-state index contributed by atoms with van der Waals surface area (Å²) in [6.45, 7) is 1.45. The van der Waals surface area contributed by atoms with E-state index in [-0.39, 0.29) is 5.69 Å². The summed E-state index contributed by atoms with van der Waals surface area (Å²) in [6, 6.07) is 17.7. The maximum Gasteiger partial charge on any atom is 0.405 e. The molecule has 6 heteroatoms. The second-order valence-electron chi connectivity index (χ2n) is 5.51. The third kappa shape index (κ3) is 3.74. The highest BCUT2D eigenvalue weighted by Crippen LogP contribution is 2.19. The number of fused-ring (bicyclic) bond motifs is 1. The quantitative estimate of drug-likeness (QED) is 0.451. The number of pyridine rings is 1. The zero-order valence-corrected chi connectivity index (χ0v) is 13.5. The van der Waals surface area contributed by atoms with E-state index < -0.39 is 18.0 Å². The average Bonchev–Trinajstić information content (AvgIpc) is 2.61. The van der Waals surface area contributed by atoms with Crippen molar-refractivity contribution in [3.8, 4) is 0 Å². The molecule has 1 aromatic heterocycles. The molecule has 3 aromatic rings. The van der Waals surface area contributed by atoms with E-state index in [4.69, 9.17) is 4.74 Å². The SMILES string of the molecule is C[C@@H](OC(=O)c1cccc[n+]1[O-])C(=O)Nc1ccc2ccccc2c1. The summed E-state index contributed by atoms with van der Waals surface area (Å²) in [7, 11) is 0. The highest BCUT2D eigenvalue weighted by atomic mass is 16.6. The minimum atomic E-state index is -1.04. The molecule has 0 aliphatic carbocycles.